The van der Waals surface area contributed by atoms with Crippen LogP contribution in [0.1, 0.15) is 33.0 Å². The fourth-order valence-electron chi connectivity index (χ4n) is 3.19. The highest BCUT2D eigenvalue weighted by atomic mass is 32.1. The number of hydrogen-bond acceptors (Lipinski definition) is 4. The lowest BCUT2D eigenvalue weighted by Gasteiger charge is -2.05. The minimum Gasteiger partial charge on any atom is -0.347 e. The third-order valence-corrected chi connectivity index (χ3v) is 5.70. The van der Waals surface area contributed by atoms with Crippen LogP contribution in [0.5, 0.6) is 0 Å². The molecule has 0 fully saturated rings. The smallest absolute Gasteiger partial charge is 0.262 e. The molecule has 0 unspecified atom stereocenters. The number of aromatic nitrogens is 2. The SMILES string of the molecule is Cc1c(C(=O)NCc2ccccc2F)sc2nc3n(c(=O)c12)CCC3. The molecule has 0 aliphatic carbocycles. The third kappa shape index (κ3) is 2.64. The maximum absolute atomic E-state index is 13.7. The molecule has 1 aliphatic rings. The monoisotopic (exact) mass is 357 g/mol. The van der Waals surface area contributed by atoms with E-state index in [2.05, 4.69) is 10.3 Å². The molecule has 1 N–H and O–H groups in total. The Morgan fingerprint density at radius 3 is 3.00 bits per heavy atom. The largest absolute Gasteiger partial charge is 0.347 e. The van der Waals surface area contributed by atoms with E-state index in [0.717, 1.165) is 18.7 Å². The molecule has 0 atom stereocenters. The number of halogens is 1. The van der Waals surface area contributed by atoms with Crippen LogP contribution in [-0.2, 0) is 19.5 Å². The van der Waals surface area contributed by atoms with Crippen molar-refractivity contribution in [2.45, 2.75) is 32.9 Å². The second-order valence-corrected chi connectivity index (χ2v) is 7.10. The molecule has 1 aliphatic heterocycles. The molecule has 7 heteroatoms. The molecule has 5 nitrogen and oxygen atoms in total. The molecule has 0 radical (unpaired) electrons. The predicted molar refractivity (Wildman–Crippen MR) is 94.5 cm³/mol. The Labute approximate surface area is 147 Å². The normalized spacial score (nSPS) is 13.2. The van der Waals surface area contributed by atoms with E-state index in [4.69, 9.17) is 0 Å². The standard InChI is InChI=1S/C18H16FN3O2S/c1-10-14-17(21-13-7-4-8-22(13)18(14)24)25-15(10)16(23)20-9-11-5-2-3-6-12(11)19/h2-3,5-6H,4,7-9H2,1H3,(H,20,23). The van der Waals surface area contributed by atoms with E-state index in [0.29, 0.717) is 32.8 Å². The van der Waals surface area contributed by atoms with Crippen LogP contribution in [0.25, 0.3) is 10.2 Å². The summed E-state index contributed by atoms with van der Waals surface area (Å²) in [4.78, 5) is 30.8. The summed E-state index contributed by atoms with van der Waals surface area (Å²) in [6.45, 7) is 2.55. The van der Waals surface area contributed by atoms with Gasteiger partial charge >= 0.3 is 0 Å². The first-order valence-electron chi connectivity index (χ1n) is 8.10. The number of carbonyl (C=O) groups is 1. The number of fused-ring (bicyclic) bond motifs is 2. The molecule has 4 rings (SSSR count). The van der Waals surface area contributed by atoms with E-state index in [-0.39, 0.29) is 23.8 Å². The van der Waals surface area contributed by atoms with E-state index in [9.17, 15) is 14.0 Å². The van der Waals surface area contributed by atoms with Crippen molar-refractivity contribution in [1.82, 2.24) is 14.9 Å². The van der Waals surface area contributed by atoms with Gasteiger partial charge in [0.2, 0.25) is 0 Å². The van der Waals surface area contributed by atoms with Gasteiger partial charge in [-0.15, -0.1) is 11.3 Å². The fourth-order valence-corrected chi connectivity index (χ4v) is 4.30. The molecule has 0 bridgehead atoms. The van der Waals surface area contributed by atoms with Crippen LogP contribution in [0.2, 0.25) is 0 Å². The van der Waals surface area contributed by atoms with Crippen molar-refractivity contribution in [3.63, 3.8) is 0 Å². The van der Waals surface area contributed by atoms with Gasteiger partial charge in [-0.2, -0.15) is 0 Å². The summed E-state index contributed by atoms with van der Waals surface area (Å²) >= 11 is 1.22. The highest BCUT2D eigenvalue weighted by molar-refractivity contribution is 7.20. The lowest BCUT2D eigenvalue weighted by atomic mass is 10.2. The Morgan fingerprint density at radius 2 is 2.20 bits per heavy atom. The molecule has 3 aromatic rings. The van der Waals surface area contributed by atoms with E-state index in [1.807, 2.05) is 0 Å². The van der Waals surface area contributed by atoms with Crippen molar-refractivity contribution in [2.24, 2.45) is 0 Å². The van der Waals surface area contributed by atoms with E-state index < -0.39 is 0 Å². The summed E-state index contributed by atoms with van der Waals surface area (Å²) in [7, 11) is 0. The molecule has 128 valence electrons. The van der Waals surface area contributed by atoms with E-state index in [1.165, 1.54) is 17.4 Å². The summed E-state index contributed by atoms with van der Waals surface area (Å²) in [5.74, 6) is 0.123. The third-order valence-electron chi connectivity index (χ3n) is 4.51. The Hall–Kier alpha value is -2.54. The molecule has 3 heterocycles. The number of thiophene rings is 1. The van der Waals surface area contributed by atoms with Crippen molar-refractivity contribution in [1.29, 1.82) is 0 Å². The second-order valence-electron chi connectivity index (χ2n) is 6.10. The molecule has 2 aromatic heterocycles. The zero-order valence-corrected chi connectivity index (χ0v) is 14.5. The Bertz CT molecular complexity index is 1050. The molecular weight excluding hydrogens is 341 g/mol. The highest BCUT2D eigenvalue weighted by Crippen LogP contribution is 2.28. The van der Waals surface area contributed by atoms with Crippen molar-refractivity contribution in [3.05, 3.63) is 62.3 Å². The van der Waals surface area contributed by atoms with Gasteiger partial charge in [-0.05, 0) is 25.0 Å². The number of hydrogen-bond donors (Lipinski definition) is 1. The zero-order chi connectivity index (χ0) is 17.6. The number of nitrogens with one attached hydrogen (secondary N) is 1. The maximum Gasteiger partial charge on any atom is 0.262 e. The first kappa shape index (κ1) is 16.0. The lowest BCUT2D eigenvalue weighted by molar-refractivity contribution is 0.0954. The van der Waals surface area contributed by atoms with Crippen LogP contribution < -0.4 is 10.9 Å². The lowest BCUT2D eigenvalue weighted by Crippen LogP contribution is -2.23. The minimum atomic E-state index is -0.354. The number of nitrogens with zero attached hydrogens (tertiary/aromatic N) is 2. The van der Waals surface area contributed by atoms with Gasteiger partial charge in [0.15, 0.2) is 0 Å². The summed E-state index contributed by atoms with van der Waals surface area (Å²) in [5.41, 5.74) is 0.997. The first-order chi connectivity index (χ1) is 12.1. The van der Waals surface area contributed by atoms with E-state index >= 15 is 0 Å². The minimum absolute atomic E-state index is 0.0700. The summed E-state index contributed by atoms with van der Waals surface area (Å²) in [5, 5.41) is 3.25. The number of aryl methyl sites for hydroxylation is 2. The first-order valence-corrected chi connectivity index (χ1v) is 8.92. The van der Waals surface area contributed by atoms with Crippen molar-refractivity contribution in [2.75, 3.05) is 0 Å². The molecule has 0 saturated heterocycles. The van der Waals surface area contributed by atoms with Crippen molar-refractivity contribution < 1.29 is 9.18 Å². The number of rotatable bonds is 3. The average Bonchev–Trinajstić information content (AvgIpc) is 3.19. The predicted octanol–water partition coefficient (Wildman–Crippen LogP) is 2.78. The number of amides is 1. The summed E-state index contributed by atoms with van der Waals surface area (Å²) in [6, 6.07) is 6.32. The van der Waals surface area contributed by atoms with Gasteiger partial charge in [0.05, 0.1) is 10.3 Å². The molecule has 1 amide bonds. The summed E-state index contributed by atoms with van der Waals surface area (Å²) < 4.78 is 15.4. The van der Waals surface area contributed by atoms with Crippen molar-refractivity contribution >= 4 is 27.5 Å². The van der Waals surface area contributed by atoms with Crippen LogP contribution in [0.15, 0.2) is 29.1 Å². The fraction of sp³-hybridized carbons (Fsp3) is 0.278. The second kappa shape index (κ2) is 6.07. The molecule has 0 spiro atoms. The van der Waals surface area contributed by atoms with Crippen LogP contribution in [0.3, 0.4) is 0 Å². The summed E-state index contributed by atoms with van der Waals surface area (Å²) in [6.07, 6.45) is 1.71. The van der Waals surface area contributed by atoms with Crippen LogP contribution in [0, 0.1) is 12.7 Å². The topological polar surface area (TPSA) is 64.0 Å². The Balaban J connectivity index is 1.66. The quantitative estimate of drug-likeness (QED) is 0.784. The number of benzene rings is 1. The molecule has 0 saturated carbocycles. The van der Waals surface area contributed by atoms with Crippen LogP contribution in [0.4, 0.5) is 4.39 Å². The van der Waals surface area contributed by atoms with Crippen molar-refractivity contribution in [3.8, 4) is 0 Å². The number of carbonyl (C=O) groups excluding carboxylic acids is 1. The van der Waals surface area contributed by atoms with Gasteiger partial charge < -0.3 is 5.32 Å². The molecular formula is C18H16FN3O2S. The van der Waals surface area contributed by atoms with Crippen LogP contribution >= 0.6 is 11.3 Å². The average molecular weight is 357 g/mol. The van der Waals surface area contributed by atoms with Gasteiger partial charge in [0, 0.05) is 25.1 Å². The maximum atomic E-state index is 13.7. The highest BCUT2D eigenvalue weighted by Gasteiger charge is 2.23. The Kier molecular flexibility index (Phi) is 3.88. The molecule has 1 aromatic carbocycles. The van der Waals surface area contributed by atoms with Gasteiger partial charge in [0.1, 0.15) is 16.5 Å². The zero-order valence-electron chi connectivity index (χ0n) is 13.6. The van der Waals surface area contributed by atoms with Gasteiger partial charge in [-0.25, -0.2) is 9.37 Å². The van der Waals surface area contributed by atoms with Gasteiger partial charge in [-0.1, -0.05) is 18.2 Å². The molecule has 25 heavy (non-hydrogen) atoms. The van der Waals surface area contributed by atoms with E-state index in [1.54, 1.807) is 29.7 Å². The van der Waals surface area contributed by atoms with Gasteiger partial charge in [-0.3, -0.25) is 14.2 Å². The van der Waals surface area contributed by atoms with Crippen LogP contribution in [-0.4, -0.2) is 15.5 Å². The van der Waals surface area contributed by atoms with Gasteiger partial charge in [0.25, 0.3) is 11.5 Å². The Morgan fingerprint density at radius 1 is 1.40 bits per heavy atom.